The number of benzene rings is 1. The van der Waals surface area contributed by atoms with Gasteiger partial charge in [0.1, 0.15) is 5.69 Å². The van der Waals surface area contributed by atoms with Gasteiger partial charge in [0.25, 0.3) is 6.43 Å². The topological polar surface area (TPSA) is 30.0 Å². The zero-order valence-electron chi connectivity index (χ0n) is 9.73. The van der Waals surface area contributed by atoms with Crippen LogP contribution in [-0.2, 0) is 0 Å². The van der Waals surface area contributed by atoms with Gasteiger partial charge in [-0.2, -0.15) is 0 Å². The van der Waals surface area contributed by atoms with Crippen LogP contribution < -0.4 is 0 Å². The number of halogens is 2. The van der Waals surface area contributed by atoms with E-state index in [1.165, 1.54) is 31.3 Å². The Labute approximate surface area is 103 Å². The second-order valence-corrected chi connectivity index (χ2v) is 3.86. The summed E-state index contributed by atoms with van der Waals surface area (Å²) in [4.78, 5) is 16.1. The molecule has 0 N–H and O–H groups in total. The molecule has 0 atom stereocenters. The quantitative estimate of drug-likeness (QED) is 0.776. The second-order valence-electron chi connectivity index (χ2n) is 3.86. The van der Waals surface area contributed by atoms with Crippen molar-refractivity contribution < 1.29 is 13.6 Å². The summed E-state index contributed by atoms with van der Waals surface area (Å²) in [5, 5.41) is 0. The third kappa shape index (κ3) is 2.27. The molecule has 2 aromatic rings. The molecule has 1 aromatic heterocycles. The largest absolute Gasteiger partial charge is 0.287 e. The Morgan fingerprint density at radius 3 is 2.56 bits per heavy atom. The highest BCUT2D eigenvalue weighted by Gasteiger charge is 2.18. The number of carbonyl (C=O) groups excluding carboxylic acids is 1. The van der Waals surface area contributed by atoms with Crippen molar-refractivity contribution in [3.8, 4) is 0 Å². The van der Waals surface area contributed by atoms with Gasteiger partial charge >= 0.3 is 0 Å². The van der Waals surface area contributed by atoms with Gasteiger partial charge in [0.15, 0.2) is 0 Å². The molecule has 0 amide bonds. The summed E-state index contributed by atoms with van der Waals surface area (Å²) in [7, 11) is 0. The third-order valence-corrected chi connectivity index (χ3v) is 2.75. The molecule has 18 heavy (non-hydrogen) atoms. The van der Waals surface area contributed by atoms with Gasteiger partial charge in [0, 0.05) is 17.3 Å². The van der Waals surface area contributed by atoms with Gasteiger partial charge in [0.2, 0.25) is 5.78 Å². The van der Waals surface area contributed by atoms with E-state index in [1.54, 1.807) is 18.2 Å². The van der Waals surface area contributed by atoms with Gasteiger partial charge in [-0.1, -0.05) is 24.3 Å². The van der Waals surface area contributed by atoms with Crippen molar-refractivity contribution in [3.05, 3.63) is 65.0 Å². The highest BCUT2D eigenvalue weighted by molar-refractivity contribution is 6.08. The Morgan fingerprint density at radius 2 is 1.94 bits per heavy atom. The van der Waals surface area contributed by atoms with E-state index in [1.807, 2.05) is 0 Å². The lowest BCUT2D eigenvalue weighted by atomic mass is 9.98. The molecule has 0 radical (unpaired) electrons. The first kappa shape index (κ1) is 12.4. The van der Waals surface area contributed by atoms with E-state index in [2.05, 4.69) is 4.98 Å². The molecule has 92 valence electrons. The predicted octanol–water partition coefficient (Wildman–Crippen LogP) is 3.56. The van der Waals surface area contributed by atoms with Crippen LogP contribution in [0.4, 0.5) is 8.78 Å². The number of nitrogens with zero attached hydrogens (tertiary/aromatic N) is 1. The number of carbonyl (C=O) groups is 1. The molecule has 0 aliphatic heterocycles. The standard InChI is InChI=1S/C14H11F2NO/c1-9-10(5-4-6-11(9)14(15)16)13(18)12-7-2-3-8-17-12/h2-8,14H,1H3. The molecule has 0 saturated heterocycles. The van der Waals surface area contributed by atoms with Gasteiger partial charge in [-0.15, -0.1) is 0 Å². The van der Waals surface area contributed by atoms with E-state index in [0.29, 0.717) is 5.56 Å². The number of pyridine rings is 1. The Morgan fingerprint density at radius 1 is 1.17 bits per heavy atom. The minimum absolute atomic E-state index is 0.114. The minimum atomic E-state index is -2.58. The van der Waals surface area contributed by atoms with Crippen LogP contribution in [0.25, 0.3) is 0 Å². The maximum Gasteiger partial charge on any atom is 0.264 e. The summed E-state index contributed by atoms with van der Waals surface area (Å²) in [6.45, 7) is 1.53. The Hall–Kier alpha value is -2.10. The maximum atomic E-state index is 12.7. The Kier molecular flexibility index (Phi) is 3.46. The smallest absolute Gasteiger partial charge is 0.264 e. The van der Waals surface area contributed by atoms with Crippen molar-refractivity contribution in [2.75, 3.05) is 0 Å². The SMILES string of the molecule is Cc1c(C(=O)c2ccccn2)cccc1C(F)F. The molecular weight excluding hydrogens is 236 g/mol. The van der Waals surface area contributed by atoms with E-state index < -0.39 is 6.43 Å². The number of aromatic nitrogens is 1. The van der Waals surface area contributed by atoms with Crippen LogP contribution in [0.15, 0.2) is 42.6 Å². The lowest BCUT2D eigenvalue weighted by Gasteiger charge is -2.09. The van der Waals surface area contributed by atoms with Crippen molar-refractivity contribution >= 4 is 5.78 Å². The van der Waals surface area contributed by atoms with Crippen LogP contribution in [0.1, 0.15) is 33.6 Å². The maximum absolute atomic E-state index is 12.7. The Bertz CT molecular complexity index is 567. The van der Waals surface area contributed by atoms with Gasteiger partial charge in [0.05, 0.1) is 0 Å². The zero-order chi connectivity index (χ0) is 13.1. The molecule has 4 heteroatoms. The molecule has 2 nitrogen and oxygen atoms in total. The normalized spacial score (nSPS) is 10.7. The molecule has 0 unspecified atom stereocenters. The van der Waals surface area contributed by atoms with Crippen LogP contribution >= 0.6 is 0 Å². The number of ketones is 1. The summed E-state index contributed by atoms with van der Waals surface area (Å²) in [5.41, 5.74) is 0.721. The molecule has 1 heterocycles. The first-order valence-corrected chi connectivity index (χ1v) is 5.44. The van der Waals surface area contributed by atoms with Gasteiger partial charge in [-0.3, -0.25) is 9.78 Å². The zero-order valence-corrected chi connectivity index (χ0v) is 9.73. The third-order valence-electron chi connectivity index (χ3n) is 2.75. The number of hydrogen-bond acceptors (Lipinski definition) is 2. The molecule has 0 fully saturated rings. The van der Waals surface area contributed by atoms with Crippen LogP contribution in [-0.4, -0.2) is 10.8 Å². The summed E-state index contributed by atoms with van der Waals surface area (Å²) in [5.74, 6) is -0.337. The average Bonchev–Trinajstić information content (AvgIpc) is 2.39. The van der Waals surface area contributed by atoms with E-state index >= 15 is 0 Å². The van der Waals surface area contributed by atoms with Crippen molar-refractivity contribution in [2.45, 2.75) is 13.3 Å². The molecule has 0 aliphatic carbocycles. The predicted molar refractivity (Wildman–Crippen MR) is 63.8 cm³/mol. The number of rotatable bonds is 3. The van der Waals surface area contributed by atoms with E-state index in [-0.39, 0.29) is 22.6 Å². The van der Waals surface area contributed by atoms with Crippen molar-refractivity contribution in [2.24, 2.45) is 0 Å². The molecule has 2 rings (SSSR count). The van der Waals surface area contributed by atoms with Crippen molar-refractivity contribution in [1.29, 1.82) is 0 Å². The van der Waals surface area contributed by atoms with Crippen molar-refractivity contribution in [1.82, 2.24) is 4.98 Å². The van der Waals surface area contributed by atoms with Crippen LogP contribution in [0.2, 0.25) is 0 Å². The van der Waals surface area contributed by atoms with Crippen LogP contribution in [0.3, 0.4) is 0 Å². The molecule has 0 aliphatic rings. The lowest BCUT2D eigenvalue weighted by molar-refractivity contribution is 0.103. The summed E-state index contributed by atoms with van der Waals surface area (Å²) in [6, 6.07) is 9.28. The monoisotopic (exact) mass is 247 g/mol. The fraction of sp³-hybridized carbons (Fsp3) is 0.143. The summed E-state index contributed by atoms with van der Waals surface area (Å²) >= 11 is 0. The van der Waals surface area contributed by atoms with Gasteiger partial charge in [-0.05, 0) is 24.6 Å². The van der Waals surface area contributed by atoms with E-state index in [9.17, 15) is 13.6 Å². The average molecular weight is 247 g/mol. The minimum Gasteiger partial charge on any atom is -0.287 e. The highest BCUT2D eigenvalue weighted by Crippen LogP contribution is 2.25. The summed E-state index contributed by atoms with van der Waals surface area (Å²) in [6.07, 6.45) is -1.08. The van der Waals surface area contributed by atoms with Gasteiger partial charge < -0.3 is 0 Å². The Balaban J connectivity index is 2.47. The van der Waals surface area contributed by atoms with Gasteiger partial charge in [-0.25, -0.2) is 8.78 Å². The molecule has 0 bridgehead atoms. The fourth-order valence-corrected chi connectivity index (χ4v) is 1.77. The number of alkyl halides is 2. The first-order valence-electron chi connectivity index (χ1n) is 5.44. The second kappa shape index (κ2) is 5.04. The van der Waals surface area contributed by atoms with Crippen LogP contribution in [0.5, 0.6) is 0 Å². The molecule has 0 saturated carbocycles. The van der Waals surface area contributed by atoms with Crippen LogP contribution in [0, 0.1) is 6.92 Å². The highest BCUT2D eigenvalue weighted by atomic mass is 19.3. The fourth-order valence-electron chi connectivity index (χ4n) is 1.77. The summed E-state index contributed by atoms with van der Waals surface area (Å²) < 4.78 is 25.5. The first-order chi connectivity index (χ1) is 8.61. The lowest BCUT2D eigenvalue weighted by Crippen LogP contribution is -2.07. The molecular formula is C14H11F2NO. The number of hydrogen-bond donors (Lipinski definition) is 0. The van der Waals surface area contributed by atoms with E-state index in [0.717, 1.165) is 0 Å². The van der Waals surface area contributed by atoms with Crippen molar-refractivity contribution in [3.63, 3.8) is 0 Å². The molecule has 1 aromatic carbocycles. The van der Waals surface area contributed by atoms with E-state index in [4.69, 9.17) is 0 Å². The molecule has 0 spiro atoms.